The second kappa shape index (κ2) is 17.0. The predicted octanol–water partition coefficient (Wildman–Crippen LogP) is 2.00. The van der Waals surface area contributed by atoms with Crippen molar-refractivity contribution in [2.24, 2.45) is 17.8 Å². The normalized spacial score (nSPS) is 38.5. The Kier molecular flexibility index (Phi) is 14.3. The smallest absolute Gasteiger partial charge is 0.228 e. The summed E-state index contributed by atoms with van der Waals surface area (Å²) in [7, 11) is 5.75. The maximum absolute atomic E-state index is 13.8. The average molecular weight is 655 g/mol. The summed E-state index contributed by atoms with van der Waals surface area (Å²) in [6.07, 6.45) is 0.315. The molecule has 3 fully saturated rings. The number of aliphatic hydroxyl groups is 2. The third-order valence-electron chi connectivity index (χ3n) is 10.2. The van der Waals surface area contributed by atoms with Crippen LogP contribution in [-0.4, -0.2) is 138 Å². The van der Waals surface area contributed by atoms with Gasteiger partial charge < -0.3 is 44.4 Å². The Hall–Kier alpha value is -1.83. The van der Waals surface area contributed by atoms with Gasteiger partial charge in [0.2, 0.25) is 17.7 Å². The minimum Gasteiger partial charge on any atom is -0.392 e. The van der Waals surface area contributed by atoms with Crippen LogP contribution in [0.4, 0.5) is 0 Å². The first-order valence-electron chi connectivity index (χ1n) is 17.4. The fraction of sp³-hybridized carbons (Fsp3) is 0.912. The predicted molar refractivity (Wildman–Crippen MR) is 175 cm³/mol. The molecule has 11 atom stereocenters. The van der Waals surface area contributed by atoms with Gasteiger partial charge in [-0.25, -0.2) is 0 Å². The van der Waals surface area contributed by atoms with Crippen molar-refractivity contribution in [2.75, 3.05) is 47.4 Å². The van der Waals surface area contributed by atoms with Crippen LogP contribution in [0.5, 0.6) is 0 Å². The van der Waals surface area contributed by atoms with Crippen molar-refractivity contribution in [3.63, 3.8) is 0 Å². The summed E-state index contributed by atoms with van der Waals surface area (Å²) < 4.78 is 19.6. The number of hydrogen-bond donors (Lipinski definition) is 3. The molecule has 0 saturated carbocycles. The lowest BCUT2D eigenvalue weighted by Gasteiger charge is -2.48. The number of aliphatic hydroxyl groups excluding tert-OH is 1. The van der Waals surface area contributed by atoms with E-state index in [0.29, 0.717) is 51.9 Å². The second-order valence-corrected chi connectivity index (χ2v) is 14.6. The Morgan fingerprint density at radius 1 is 1.20 bits per heavy atom. The maximum Gasteiger partial charge on any atom is 0.228 e. The molecule has 12 nitrogen and oxygen atoms in total. The lowest BCUT2D eigenvalue weighted by molar-refractivity contribution is -0.306. The van der Waals surface area contributed by atoms with Gasteiger partial charge in [-0.2, -0.15) is 0 Å². The summed E-state index contributed by atoms with van der Waals surface area (Å²) >= 11 is 0. The van der Waals surface area contributed by atoms with Gasteiger partial charge in [0.25, 0.3) is 0 Å². The molecular formula is C34H62N4O8. The number of hydrogen-bond acceptors (Lipinski definition) is 9. The van der Waals surface area contributed by atoms with Crippen LogP contribution in [0.25, 0.3) is 0 Å². The van der Waals surface area contributed by atoms with Gasteiger partial charge >= 0.3 is 0 Å². The number of likely N-dealkylation sites (N-methyl/N-ethyl adjacent to an activating group) is 1. The van der Waals surface area contributed by atoms with E-state index >= 15 is 0 Å². The molecule has 3 amide bonds. The summed E-state index contributed by atoms with van der Waals surface area (Å²) in [5.41, 5.74) is -1.45. The van der Waals surface area contributed by atoms with Crippen molar-refractivity contribution in [3.8, 4) is 0 Å². The summed E-state index contributed by atoms with van der Waals surface area (Å²) in [5, 5.41) is 26.8. The lowest BCUT2D eigenvalue weighted by atomic mass is 9.77. The SMILES string of the molecule is CCC(=O)NCCCO[C@H]1[C@H](O[C@@H]2[C@@H](C)[C@H](O)C(C)C(=O)N3CCC[C@H]3CC(=O)N(C)C[C@H](C)C[C@@]2(C)O)O[C@H](C)C[C@@H]1N(C)C. The molecule has 0 aromatic carbocycles. The third kappa shape index (κ3) is 9.85. The largest absolute Gasteiger partial charge is 0.392 e. The third-order valence-corrected chi connectivity index (χ3v) is 10.2. The number of carbonyl (C=O) groups excluding carboxylic acids is 3. The molecule has 3 saturated heterocycles. The van der Waals surface area contributed by atoms with E-state index in [2.05, 4.69) is 10.2 Å². The van der Waals surface area contributed by atoms with E-state index in [1.807, 2.05) is 41.8 Å². The molecule has 3 aliphatic heterocycles. The molecule has 0 bridgehead atoms. The van der Waals surface area contributed by atoms with Crippen LogP contribution in [-0.2, 0) is 28.6 Å². The van der Waals surface area contributed by atoms with E-state index in [-0.39, 0.29) is 48.2 Å². The molecule has 3 aliphatic rings. The standard InChI is InChI=1S/C34H62N4O8/c1-10-27(39)35-14-12-16-44-30-26(36(7)8)17-22(3)45-33(30)46-31-23(4)29(41)24(5)32(42)38-15-11-13-25(38)18-28(40)37(9)20-21(2)19-34(31,6)43/h21-26,29-31,33,41,43H,10-20H2,1-9H3,(H,35,39)/t21-,22-,23+,24?,25+,26+,29+,30-,31-,33+,34-/m1/s1. The number of nitrogens with one attached hydrogen (secondary N) is 1. The summed E-state index contributed by atoms with van der Waals surface area (Å²) in [5.74, 6) is -1.72. The van der Waals surface area contributed by atoms with Gasteiger partial charge in [0.1, 0.15) is 6.10 Å². The Labute approximate surface area is 276 Å². The zero-order valence-electron chi connectivity index (χ0n) is 29.7. The van der Waals surface area contributed by atoms with Crippen molar-refractivity contribution in [2.45, 2.75) is 135 Å². The van der Waals surface area contributed by atoms with Crippen molar-refractivity contribution in [1.82, 2.24) is 20.0 Å². The average Bonchev–Trinajstić information content (AvgIpc) is 3.45. The van der Waals surface area contributed by atoms with Gasteiger partial charge in [-0.1, -0.05) is 27.7 Å². The molecule has 266 valence electrons. The second-order valence-electron chi connectivity index (χ2n) is 14.6. The van der Waals surface area contributed by atoms with Gasteiger partial charge in [-0.05, 0) is 66.0 Å². The molecule has 3 N–H and O–H groups in total. The molecule has 3 rings (SSSR count). The quantitative estimate of drug-likeness (QED) is 0.319. The van der Waals surface area contributed by atoms with Crippen LogP contribution in [0.2, 0.25) is 0 Å². The molecule has 1 unspecified atom stereocenters. The van der Waals surface area contributed by atoms with Crippen LogP contribution in [0, 0.1) is 17.8 Å². The zero-order chi connectivity index (χ0) is 34.3. The van der Waals surface area contributed by atoms with Gasteiger partial charge in [0, 0.05) is 64.1 Å². The molecule has 46 heavy (non-hydrogen) atoms. The highest BCUT2D eigenvalue weighted by atomic mass is 16.7. The van der Waals surface area contributed by atoms with E-state index in [4.69, 9.17) is 14.2 Å². The van der Waals surface area contributed by atoms with Crippen LogP contribution >= 0.6 is 0 Å². The Balaban J connectivity index is 1.92. The molecule has 0 aromatic heterocycles. The fourth-order valence-electron chi connectivity index (χ4n) is 7.64. The van der Waals surface area contributed by atoms with Crippen LogP contribution < -0.4 is 5.32 Å². The van der Waals surface area contributed by atoms with E-state index in [0.717, 1.165) is 12.8 Å². The van der Waals surface area contributed by atoms with Crippen molar-refractivity contribution >= 4 is 17.7 Å². The zero-order valence-corrected chi connectivity index (χ0v) is 29.7. The number of fused-ring (bicyclic) bond motifs is 1. The van der Waals surface area contributed by atoms with E-state index in [1.54, 1.807) is 30.7 Å². The van der Waals surface area contributed by atoms with Gasteiger partial charge in [0.15, 0.2) is 6.29 Å². The van der Waals surface area contributed by atoms with E-state index in [9.17, 15) is 24.6 Å². The first kappa shape index (κ1) is 38.6. The van der Waals surface area contributed by atoms with Crippen LogP contribution in [0.15, 0.2) is 0 Å². The number of nitrogens with zero attached hydrogens (tertiary/aromatic N) is 3. The summed E-state index contributed by atoms with van der Waals surface area (Å²) in [6, 6.07) is -0.233. The van der Waals surface area contributed by atoms with Crippen molar-refractivity contribution in [1.29, 1.82) is 0 Å². The van der Waals surface area contributed by atoms with E-state index < -0.39 is 42.0 Å². The highest BCUT2D eigenvalue weighted by Gasteiger charge is 2.49. The van der Waals surface area contributed by atoms with Crippen LogP contribution in [0.3, 0.4) is 0 Å². The Bertz CT molecular complexity index is 1010. The fourth-order valence-corrected chi connectivity index (χ4v) is 7.64. The van der Waals surface area contributed by atoms with Gasteiger partial charge in [-0.3, -0.25) is 14.4 Å². The summed E-state index contributed by atoms with van der Waals surface area (Å²) in [6.45, 7) is 12.9. The number of rotatable bonds is 9. The molecule has 0 radical (unpaired) electrons. The molecular weight excluding hydrogens is 592 g/mol. The van der Waals surface area contributed by atoms with Gasteiger partial charge in [-0.15, -0.1) is 0 Å². The van der Waals surface area contributed by atoms with Crippen molar-refractivity contribution in [3.05, 3.63) is 0 Å². The van der Waals surface area contributed by atoms with Crippen molar-refractivity contribution < 1.29 is 38.8 Å². The molecule has 0 spiro atoms. The monoisotopic (exact) mass is 654 g/mol. The number of amides is 3. The summed E-state index contributed by atoms with van der Waals surface area (Å²) in [4.78, 5) is 44.2. The maximum atomic E-state index is 13.8. The highest BCUT2D eigenvalue weighted by molar-refractivity contribution is 5.82. The van der Waals surface area contributed by atoms with Gasteiger partial charge in [0.05, 0.1) is 29.8 Å². The first-order valence-corrected chi connectivity index (χ1v) is 17.4. The Morgan fingerprint density at radius 2 is 1.89 bits per heavy atom. The lowest BCUT2D eigenvalue weighted by Crippen LogP contribution is -2.60. The van der Waals surface area contributed by atoms with Crippen LogP contribution in [0.1, 0.15) is 86.5 Å². The highest BCUT2D eigenvalue weighted by Crippen LogP contribution is 2.37. The molecule has 0 aromatic rings. The topological polar surface area (TPSA) is 141 Å². The van der Waals surface area contributed by atoms with E-state index in [1.165, 1.54) is 0 Å². The molecule has 3 heterocycles. The number of carbonyl (C=O) groups is 3. The minimum atomic E-state index is -1.45. The first-order chi connectivity index (χ1) is 21.6. The Morgan fingerprint density at radius 3 is 2.54 bits per heavy atom. The minimum absolute atomic E-state index is 0.0106. The number of ether oxygens (including phenoxy) is 3. The molecule has 12 heteroatoms. The molecule has 0 aliphatic carbocycles.